The minimum absolute atomic E-state index is 0.626. The molecule has 1 rings (SSSR count). The van der Waals surface area contributed by atoms with Gasteiger partial charge in [-0.1, -0.05) is 19.9 Å². The molecule has 0 unspecified atom stereocenters. The molecule has 0 saturated carbocycles. The van der Waals surface area contributed by atoms with Crippen LogP contribution in [0.15, 0.2) is 23.2 Å². The Morgan fingerprint density at radius 3 is 2.80 bits per heavy atom. The van der Waals surface area contributed by atoms with E-state index in [1.165, 1.54) is 6.42 Å². The molecular weight excluding hydrogens is 252 g/mol. The van der Waals surface area contributed by atoms with E-state index < -0.39 is 0 Å². The Bertz CT molecular complexity index is 418. The maximum atomic E-state index is 5.11. The molecule has 1 heterocycles. The number of aromatic nitrogens is 1. The summed E-state index contributed by atoms with van der Waals surface area (Å²) in [6, 6.07) is 5.73. The predicted molar refractivity (Wildman–Crippen MR) is 83.1 cm³/mol. The van der Waals surface area contributed by atoms with E-state index in [2.05, 4.69) is 34.5 Å². The van der Waals surface area contributed by atoms with Gasteiger partial charge in [0.05, 0.1) is 19.3 Å². The molecule has 0 aromatic carbocycles. The van der Waals surface area contributed by atoms with Crippen molar-refractivity contribution in [2.45, 2.75) is 33.2 Å². The molecule has 5 heteroatoms. The Hall–Kier alpha value is -1.78. The number of pyridine rings is 1. The molecule has 112 valence electrons. The second-order valence-electron chi connectivity index (χ2n) is 5.06. The lowest BCUT2D eigenvalue weighted by Crippen LogP contribution is -2.37. The first-order chi connectivity index (χ1) is 9.65. The van der Waals surface area contributed by atoms with E-state index >= 15 is 0 Å². The van der Waals surface area contributed by atoms with Crippen molar-refractivity contribution in [1.82, 2.24) is 15.6 Å². The lowest BCUT2D eigenvalue weighted by molar-refractivity contribution is 0.396. The van der Waals surface area contributed by atoms with Crippen LogP contribution in [0, 0.1) is 5.92 Å². The first-order valence-corrected chi connectivity index (χ1v) is 7.10. The Balaban J connectivity index is 2.33. The van der Waals surface area contributed by atoms with E-state index in [0.717, 1.165) is 30.5 Å². The fourth-order valence-corrected chi connectivity index (χ4v) is 1.78. The van der Waals surface area contributed by atoms with Gasteiger partial charge in [0.1, 0.15) is 0 Å². The SMILES string of the molecule is CN=C(NCCCC(C)C)NCc1cccc(OC)n1. The number of nitrogens with zero attached hydrogens (tertiary/aromatic N) is 2. The summed E-state index contributed by atoms with van der Waals surface area (Å²) in [5.41, 5.74) is 0.925. The molecule has 0 spiro atoms. The van der Waals surface area contributed by atoms with E-state index in [1.54, 1.807) is 14.2 Å². The van der Waals surface area contributed by atoms with Crippen molar-refractivity contribution in [3.05, 3.63) is 23.9 Å². The summed E-state index contributed by atoms with van der Waals surface area (Å²) in [6.07, 6.45) is 2.37. The molecule has 0 radical (unpaired) electrons. The van der Waals surface area contributed by atoms with Crippen LogP contribution >= 0.6 is 0 Å². The van der Waals surface area contributed by atoms with Crippen molar-refractivity contribution in [2.24, 2.45) is 10.9 Å². The summed E-state index contributed by atoms with van der Waals surface area (Å²) in [5.74, 6) is 2.18. The number of ether oxygens (including phenoxy) is 1. The normalized spacial score (nSPS) is 11.6. The molecule has 5 nitrogen and oxygen atoms in total. The summed E-state index contributed by atoms with van der Waals surface area (Å²) in [5, 5.41) is 6.55. The zero-order valence-corrected chi connectivity index (χ0v) is 12.9. The number of hydrogen-bond donors (Lipinski definition) is 2. The van der Waals surface area contributed by atoms with Crippen LogP contribution in [-0.2, 0) is 6.54 Å². The van der Waals surface area contributed by atoms with Crippen molar-refractivity contribution >= 4 is 5.96 Å². The van der Waals surface area contributed by atoms with Crippen LogP contribution in [0.2, 0.25) is 0 Å². The molecule has 0 amide bonds. The van der Waals surface area contributed by atoms with Crippen molar-refractivity contribution in [3.8, 4) is 5.88 Å². The molecule has 0 fully saturated rings. The lowest BCUT2D eigenvalue weighted by Gasteiger charge is -2.12. The van der Waals surface area contributed by atoms with Crippen LogP contribution in [0.5, 0.6) is 5.88 Å². The third-order valence-corrected chi connectivity index (χ3v) is 2.90. The van der Waals surface area contributed by atoms with Gasteiger partial charge in [-0.3, -0.25) is 4.99 Å². The lowest BCUT2D eigenvalue weighted by atomic mass is 10.1. The van der Waals surface area contributed by atoms with Crippen LogP contribution in [0.1, 0.15) is 32.4 Å². The Morgan fingerprint density at radius 2 is 2.15 bits per heavy atom. The number of aliphatic imine (C=N–C) groups is 1. The second kappa shape index (κ2) is 9.18. The average molecular weight is 278 g/mol. The first-order valence-electron chi connectivity index (χ1n) is 7.10. The number of methoxy groups -OCH3 is 1. The summed E-state index contributed by atoms with van der Waals surface area (Å²) in [7, 11) is 3.39. The molecule has 1 aromatic heterocycles. The van der Waals surface area contributed by atoms with Gasteiger partial charge in [0, 0.05) is 19.7 Å². The molecule has 0 bridgehead atoms. The number of hydrogen-bond acceptors (Lipinski definition) is 3. The number of guanidine groups is 1. The van der Waals surface area contributed by atoms with Crippen molar-refractivity contribution in [1.29, 1.82) is 0 Å². The predicted octanol–water partition coefficient (Wildman–Crippen LogP) is 2.19. The van der Waals surface area contributed by atoms with Crippen molar-refractivity contribution < 1.29 is 4.74 Å². The molecule has 0 atom stereocenters. The van der Waals surface area contributed by atoms with E-state index in [0.29, 0.717) is 12.4 Å². The average Bonchev–Trinajstić information content (AvgIpc) is 2.46. The fraction of sp³-hybridized carbons (Fsp3) is 0.600. The summed E-state index contributed by atoms with van der Waals surface area (Å²) >= 11 is 0. The van der Waals surface area contributed by atoms with Crippen molar-refractivity contribution in [3.63, 3.8) is 0 Å². The maximum Gasteiger partial charge on any atom is 0.213 e. The van der Waals surface area contributed by atoms with Gasteiger partial charge in [0.15, 0.2) is 5.96 Å². The molecule has 0 aliphatic heterocycles. The van der Waals surface area contributed by atoms with Gasteiger partial charge in [0.25, 0.3) is 0 Å². The van der Waals surface area contributed by atoms with Gasteiger partial charge >= 0.3 is 0 Å². The highest BCUT2D eigenvalue weighted by Crippen LogP contribution is 2.06. The topological polar surface area (TPSA) is 58.5 Å². The maximum absolute atomic E-state index is 5.11. The van der Waals surface area contributed by atoms with Crippen LogP contribution < -0.4 is 15.4 Å². The molecule has 0 aliphatic carbocycles. The molecule has 20 heavy (non-hydrogen) atoms. The summed E-state index contributed by atoms with van der Waals surface area (Å²) < 4.78 is 5.11. The van der Waals surface area contributed by atoms with Gasteiger partial charge in [-0.2, -0.15) is 0 Å². The van der Waals surface area contributed by atoms with E-state index in [4.69, 9.17) is 4.74 Å². The molecular formula is C15H26N4O. The van der Waals surface area contributed by atoms with Gasteiger partial charge in [-0.15, -0.1) is 0 Å². The summed E-state index contributed by atoms with van der Waals surface area (Å²) in [4.78, 5) is 8.55. The zero-order chi connectivity index (χ0) is 14.8. The van der Waals surface area contributed by atoms with Crippen LogP contribution in [0.4, 0.5) is 0 Å². The first kappa shape index (κ1) is 16.3. The van der Waals surface area contributed by atoms with Gasteiger partial charge in [0.2, 0.25) is 5.88 Å². The summed E-state index contributed by atoms with van der Waals surface area (Å²) in [6.45, 7) is 6.04. The molecule has 2 N–H and O–H groups in total. The fourth-order valence-electron chi connectivity index (χ4n) is 1.78. The molecule has 0 aliphatic rings. The Morgan fingerprint density at radius 1 is 1.35 bits per heavy atom. The van der Waals surface area contributed by atoms with Crippen molar-refractivity contribution in [2.75, 3.05) is 20.7 Å². The van der Waals surface area contributed by atoms with E-state index in [-0.39, 0.29) is 0 Å². The number of nitrogens with one attached hydrogen (secondary N) is 2. The van der Waals surface area contributed by atoms with E-state index in [1.807, 2.05) is 18.2 Å². The molecule has 1 aromatic rings. The van der Waals surface area contributed by atoms with Gasteiger partial charge < -0.3 is 15.4 Å². The highest BCUT2D eigenvalue weighted by atomic mass is 16.5. The minimum Gasteiger partial charge on any atom is -0.481 e. The monoisotopic (exact) mass is 278 g/mol. The standard InChI is InChI=1S/C15H26N4O/c1-12(2)7-6-10-17-15(16-3)18-11-13-8-5-9-14(19-13)20-4/h5,8-9,12H,6-7,10-11H2,1-4H3,(H2,16,17,18). The third kappa shape index (κ3) is 6.41. The number of rotatable bonds is 7. The second-order valence-corrected chi connectivity index (χ2v) is 5.06. The highest BCUT2D eigenvalue weighted by Gasteiger charge is 2.01. The zero-order valence-electron chi connectivity index (χ0n) is 12.9. The molecule has 0 saturated heterocycles. The smallest absolute Gasteiger partial charge is 0.213 e. The third-order valence-electron chi connectivity index (χ3n) is 2.90. The minimum atomic E-state index is 0.626. The van der Waals surface area contributed by atoms with E-state index in [9.17, 15) is 0 Å². The van der Waals surface area contributed by atoms with Crippen LogP contribution in [0.25, 0.3) is 0 Å². The van der Waals surface area contributed by atoms with Gasteiger partial charge in [-0.25, -0.2) is 4.98 Å². The largest absolute Gasteiger partial charge is 0.481 e. The van der Waals surface area contributed by atoms with Crippen LogP contribution in [0.3, 0.4) is 0 Å². The quantitative estimate of drug-likeness (QED) is 0.456. The Kier molecular flexibility index (Phi) is 7.47. The Labute approximate surface area is 121 Å². The van der Waals surface area contributed by atoms with Crippen LogP contribution in [-0.4, -0.2) is 31.6 Å². The highest BCUT2D eigenvalue weighted by molar-refractivity contribution is 5.79. The van der Waals surface area contributed by atoms with Gasteiger partial charge in [-0.05, 0) is 24.8 Å².